The molecule has 80 valence electrons. The highest BCUT2D eigenvalue weighted by molar-refractivity contribution is 5.65. The van der Waals surface area contributed by atoms with Gasteiger partial charge >= 0.3 is 6.09 Å². The number of hydrogen-bond donors (Lipinski definition) is 2. The lowest BCUT2D eigenvalue weighted by molar-refractivity contribution is 0.0856. The molecular formula is C7H14N4O3. The number of hydrogen-bond acceptors (Lipinski definition) is 3. The molecule has 0 fully saturated rings. The average molecular weight is 202 g/mol. The molecule has 7 nitrogen and oxygen atoms in total. The number of ether oxygens (including phenoxy) is 1. The van der Waals surface area contributed by atoms with Crippen molar-refractivity contribution in [3.63, 3.8) is 0 Å². The molecule has 1 amide bonds. The van der Waals surface area contributed by atoms with Gasteiger partial charge in [-0.25, -0.2) is 4.79 Å². The van der Waals surface area contributed by atoms with Crippen LogP contribution in [0, 0.1) is 0 Å². The Bertz CT molecular complexity index is 235. The third kappa shape index (κ3) is 7.20. The van der Waals surface area contributed by atoms with Crippen LogP contribution in [-0.2, 0) is 4.74 Å². The zero-order valence-electron chi connectivity index (χ0n) is 8.23. The Morgan fingerprint density at radius 3 is 2.86 bits per heavy atom. The minimum absolute atomic E-state index is 0.236. The monoisotopic (exact) mass is 202 g/mol. The molecule has 0 bridgehead atoms. The Morgan fingerprint density at radius 2 is 2.36 bits per heavy atom. The van der Waals surface area contributed by atoms with Gasteiger partial charge in [-0.15, -0.1) is 0 Å². The van der Waals surface area contributed by atoms with E-state index in [0.717, 1.165) is 0 Å². The molecule has 0 radical (unpaired) electrons. The lowest BCUT2D eigenvalue weighted by Crippen LogP contribution is -2.46. The SMILES string of the molecule is CC(C)(COCCN=[N+]=[N-])NC(=O)O. The molecule has 0 atom stereocenters. The fourth-order valence-electron chi connectivity index (χ4n) is 0.803. The van der Waals surface area contributed by atoms with E-state index in [9.17, 15) is 4.79 Å². The van der Waals surface area contributed by atoms with E-state index in [2.05, 4.69) is 15.3 Å². The van der Waals surface area contributed by atoms with E-state index in [4.69, 9.17) is 15.4 Å². The summed E-state index contributed by atoms with van der Waals surface area (Å²) in [6.07, 6.45) is -1.09. The van der Waals surface area contributed by atoms with E-state index in [0.29, 0.717) is 0 Å². The standard InChI is InChI=1S/C7H14N4O3/c1-7(2,10-6(12)13)5-14-4-3-9-11-8/h10H,3-5H2,1-2H3,(H,12,13). The van der Waals surface area contributed by atoms with Crippen molar-refractivity contribution in [1.29, 1.82) is 0 Å². The molecule has 0 aromatic carbocycles. The first-order valence-electron chi connectivity index (χ1n) is 4.07. The van der Waals surface area contributed by atoms with Crippen molar-refractivity contribution < 1.29 is 14.6 Å². The molecule has 0 aliphatic heterocycles. The second-order valence-corrected chi connectivity index (χ2v) is 3.32. The topological polar surface area (TPSA) is 107 Å². The van der Waals surface area contributed by atoms with Crippen LogP contribution >= 0.6 is 0 Å². The molecule has 0 saturated heterocycles. The van der Waals surface area contributed by atoms with Crippen LogP contribution in [0.5, 0.6) is 0 Å². The van der Waals surface area contributed by atoms with E-state index in [-0.39, 0.29) is 19.8 Å². The van der Waals surface area contributed by atoms with Gasteiger partial charge in [0.05, 0.1) is 18.8 Å². The fourth-order valence-corrected chi connectivity index (χ4v) is 0.803. The van der Waals surface area contributed by atoms with E-state index in [1.165, 1.54) is 0 Å². The van der Waals surface area contributed by atoms with Crippen LogP contribution in [0.15, 0.2) is 5.11 Å². The van der Waals surface area contributed by atoms with E-state index >= 15 is 0 Å². The Kier molecular flexibility index (Phi) is 5.43. The zero-order chi connectivity index (χ0) is 11.0. The fraction of sp³-hybridized carbons (Fsp3) is 0.857. The van der Waals surface area contributed by atoms with Gasteiger partial charge in [0, 0.05) is 11.5 Å². The van der Waals surface area contributed by atoms with Crippen molar-refractivity contribution in [3.05, 3.63) is 10.4 Å². The molecule has 14 heavy (non-hydrogen) atoms. The lowest BCUT2D eigenvalue weighted by atomic mass is 10.1. The van der Waals surface area contributed by atoms with Crippen molar-refractivity contribution in [2.24, 2.45) is 5.11 Å². The number of rotatable bonds is 6. The van der Waals surface area contributed by atoms with E-state index in [1.54, 1.807) is 13.8 Å². The number of carboxylic acid groups (broad SMARTS) is 1. The van der Waals surface area contributed by atoms with Gasteiger partial charge in [0.1, 0.15) is 0 Å². The zero-order valence-corrected chi connectivity index (χ0v) is 8.23. The quantitative estimate of drug-likeness (QED) is 0.294. The maximum absolute atomic E-state index is 10.3. The molecule has 2 N–H and O–H groups in total. The van der Waals surface area contributed by atoms with Gasteiger partial charge in [-0.05, 0) is 19.4 Å². The summed E-state index contributed by atoms with van der Waals surface area (Å²) in [5.41, 5.74) is 7.32. The molecule has 7 heteroatoms. The normalized spacial score (nSPS) is 10.4. The highest BCUT2D eigenvalue weighted by atomic mass is 16.5. The largest absolute Gasteiger partial charge is 0.465 e. The summed E-state index contributed by atoms with van der Waals surface area (Å²) in [5, 5.41) is 14.0. The molecule has 0 rings (SSSR count). The van der Waals surface area contributed by atoms with Crippen molar-refractivity contribution in [2.75, 3.05) is 19.8 Å². The molecular weight excluding hydrogens is 188 g/mol. The average Bonchev–Trinajstić information content (AvgIpc) is 2.01. The van der Waals surface area contributed by atoms with Crippen LogP contribution in [0.3, 0.4) is 0 Å². The Hall–Kier alpha value is -1.46. The summed E-state index contributed by atoms with van der Waals surface area (Å²) in [6, 6.07) is 0. The van der Waals surface area contributed by atoms with Gasteiger partial charge in [0.15, 0.2) is 0 Å². The Labute approximate surface area is 81.7 Å². The number of nitrogens with one attached hydrogen (secondary N) is 1. The maximum atomic E-state index is 10.3. The molecule has 0 aromatic rings. The van der Waals surface area contributed by atoms with Gasteiger partial charge in [0.25, 0.3) is 0 Å². The minimum atomic E-state index is -1.09. The van der Waals surface area contributed by atoms with Crippen molar-refractivity contribution in [3.8, 4) is 0 Å². The van der Waals surface area contributed by atoms with Crippen LogP contribution in [-0.4, -0.2) is 36.5 Å². The number of nitrogens with zero attached hydrogens (tertiary/aromatic N) is 3. The molecule has 0 heterocycles. The second-order valence-electron chi connectivity index (χ2n) is 3.32. The first-order valence-corrected chi connectivity index (χ1v) is 4.07. The predicted octanol–water partition coefficient (Wildman–Crippen LogP) is 1.36. The van der Waals surface area contributed by atoms with Crippen LogP contribution < -0.4 is 5.32 Å². The third-order valence-corrected chi connectivity index (χ3v) is 1.31. The van der Waals surface area contributed by atoms with E-state index < -0.39 is 11.6 Å². The Balaban J connectivity index is 3.64. The summed E-state index contributed by atoms with van der Waals surface area (Å²) < 4.78 is 5.11. The second kappa shape index (κ2) is 6.06. The van der Waals surface area contributed by atoms with Crippen molar-refractivity contribution in [1.82, 2.24) is 5.32 Å². The van der Waals surface area contributed by atoms with Crippen LogP contribution in [0.2, 0.25) is 0 Å². The van der Waals surface area contributed by atoms with Crippen LogP contribution in [0.25, 0.3) is 10.4 Å². The first kappa shape index (κ1) is 12.5. The molecule has 0 aliphatic rings. The summed E-state index contributed by atoms with van der Waals surface area (Å²) in [5.74, 6) is 0. The predicted molar refractivity (Wildman–Crippen MR) is 50.1 cm³/mol. The number of amides is 1. The summed E-state index contributed by atoms with van der Waals surface area (Å²) in [6.45, 7) is 4.18. The minimum Gasteiger partial charge on any atom is -0.465 e. The summed E-state index contributed by atoms with van der Waals surface area (Å²) in [7, 11) is 0. The molecule has 0 aliphatic carbocycles. The van der Waals surface area contributed by atoms with Gasteiger partial charge in [-0.1, -0.05) is 5.11 Å². The van der Waals surface area contributed by atoms with E-state index in [1.807, 2.05) is 0 Å². The molecule has 0 spiro atoms. The summed E-state index contributed by atoms with van der Waals surface area (Å²) in [4.78, 5) is 12.9. The molecule has 0 saturated carbocycles. The van der Waals surface area contributed by atoms with Gasteiger partial charge in [-0.3, -0.25) is 0 Å². The number of azide groups is 1. The third-order valence-electron chi connectivity index (χ3n) is 1.31. The van der Waals surface area contributed by atoms with Crippen molar-refractivity contribution >= 4 is 6.09 Å². The van der Waals surface area contributed by atoms with Gasteiger partial charge in [0.2, 0.25) is 0 Å². The highest BCUT2D eigenvalue weighted by Gasteiger charge is 2.19. The van der Waals surface area contributed by atoms with Crippen LogP contribution in [0.4, 0.5) is 4.79 Å². The number of carbonyl (C=O) groups is 1. The van der Waals surface area contributed by atoms with Gasteiger partial charge < -0.3 is 15.2 Å². The molecule has 0 unspecified atom stereocenters. The smallest absolute Gasteiger partial charge is 0.405 e. The first-order chi connectivity index (χ1) is 6.48. The Morgan fingerprint density at radius 1 is 1.71 bits per heavy atom. The highest BCUT2D eigenvalue weighted by Crippen LogP contribution is 2.02. The summed E-state index contributed by atoms with van der Waals surface area (Å²) >= 11 is 0. The van der Waals surface area contributed by atoms with Crippen LogP contribution in [0.1, 0.15) is 13.8 Å². The lowest BCUT2D eigenvalue weighted by Gasteiger charge is -2.23. The maximum Gasteiger partial charge on any atom is 0.405 e. The molecule has 0 aromatic heterocycles. The van der Waals surface area contributed by atoms with Gasteiger partial charge in [-0.2, -0.15) is 0 Å². The van der Waals surface area contributed by atoms with Crippen molar-refractivity contribution in [2.45, 2.75) is 19.4 Å².